The van der Waals surface area contributed by atoms with Crippen LogP contribution in [-0.4, -0.2) is 13.6 Å². The fourth-order valence-electron chi connectivity index (χ4n) is 2.44. The largest absolute Gasteiger partial charge is 0.319 e. The van der Waals surface area contributed by atoms with E-state index in [0.29, 0.717) is 5.41 Å². The van der Waals surface area contributed by atoms with E-state index in [-0.39, 0.29) is 0 Å². The van der Waals surface area contributed by atoms with E-state index in [1.807, 2.05) is 7.05 Å². The maximum atomic E-state index is 3.31. The van der Waals surface area contributed by atoms with Gasteiger partial charge in [0.25, 0.3) is 0 Å². The molecule has 0 atom stereocenters. The molecule has 76 valence electrons. The topological polar surface area (TPSA) is 12.0 Å². The van der Waals surface area contributed by atoms with Crippen molar-refractivity contribution in [1.29, 1.82) is 0 Å². The predicted octanol–water partition coefficient (Wildman–Crippen LogP) is 2.55. The number of likely N-dealkylation sites (N-methyl/N-ethyl adjacent to an activating group) is 1. The van der Waals surface area contributed by atoms with Crippen molar-refractivity contribution in [3.05, 3.63) is 34.9 Å². The monoisotopic (exact) mass is 189 g/mol. The molecule has 1 aliphatic rings. The van der Waals surface area contributed by atoms with Crippen molar-refractivity contribution in [1.82, 2.24) is 5.32 Å². The summed E-state index contributed by atoms with van der Waals surface area (Å²) < 4.78 is 0. The highest BCUT2D eigenvalue weighted by atomic mass is 14.8. The highest BCUT2D eigenvalue weighted by Gasteiger charge is 2.44. The van der Waals surface area contributed by atoms with Crippen LogP contribution in [0, 0.1) is 13.8 Å². The first-order valence-electron chi connectivity index (χ1n) is 5.40. The molecule has 1 aromatic rings. The molecule has 0 amide bonds. The first-order valence-corrected chi connectivity index (χ1v) is 5.40. The van der Waals surface area contributed by atoms with Crippen LogP contribution < -0.4 is 5.32 Å². The van der Waals surface area contributed by atoms with Crippen LogP contribution in [0.25, 0.3) is 0 Å². The SMILES string of the molecule is CNCC1(c2ccc(C)cc2C)CC1. The van der Waals surface area contributed by atoms with Gasteiger partial charge in [0.1, 0.15) is 0 Å². The van der Waals surface area contributed by atoms with Crippen molar-refractivity contribution in [3.63, 3.8) is 0 Å². The summed E-state index contributed by atoms with van der Waals surface area (Å²) in [6.07, 6.45) is 2.69. The second-order valence-corrected chi connectivity index (χ2v) is 4.63. The van der Waals surface area contributed by atoms with E-state index in [2.05, 4.69) is 37.4 Å². The third-order valence-corrected chi connectivity index (χ3v) is 3.32. The molecule has 1 aliphatic carbocycles. The molecule has 0 aliphatic heterocycles. The zero-order valence-electron chi connectivity index (χ0n) is 9.35. The van der Waals surface area contributed by atoms with Gasteiger partial charge in [-0.25, -0.2) is 0 Å². The molecule has 1 aromatic carbocycles. The van der Waals surface area contributed by atoms with Crippen molar-refractivity contribution in [2.24, 2.45) is 0 Å². The average Bonchev–Trinajstić information content (AvgIpc) is 2.86. The van der Waals surface area contributed by atoms with E-state index in [9.17, 15) is 0 Å². The first-order chi connectivity index (χ1) is 6.68. The van der Waals surface area contributed by atoms with Gasteiger partial charge in [0.2, 0.25) is 0 Å². The molecule has 0 spiro atoms. The quantitative estimate of drug-likeness (QED) is 0.770. The number of hydrogen-bond donors (Lipinski definition) is 1. The second kappa shape index (κ2) is 3.39. The minimum Gasteiger partial charge on any atom is -0.319 e. The molecule has 1 N–H and O–H groups in total. The lowest BCUT2D eigenvalue weighted by Crippen LogP contribution is -2.24. The van der Waals surface area contributed by atoms with Crippen LogP contribution in [0.1, 0.15) is 29.5 Å². The maximum absolute atomic E-state index is 3.31. The molecule has 0 radical (unpaired) electrons. The van der Waals surface area contributed by atoms with Crippen LogP contribution in [0.2, 0.25) is 0 Å². The zero-order chi connectivity index (χ0) is 10.2. The molecule has 0 aromatic heterocycles. The highest BCUT2D eigenvalue weighted by Crippen LogP contribution is 2.48. The van der Waals surface area contributed by atoms with E-state index in [0.717, 1.165) is 6.54 Å². The van der Waals surface area contributed by atoms with Gasteiger partial charge in [0.15, 0.2) is 0 Å². The molecule has 0 saturated heterocycles. The summed E-state index contributed by atoms with van der Waals surface area (Å²) in [5, 5.41) is 3.31. The molecule has 1 fully saturated rings. The van der Waals surface area contributed by atoms with Crippen molar-refractivity contribution in [2.45, 2.75) is 32.1 Å². The standard InChI is InChI=1S/C13H19N/c1-10-4-5-12(11(2)8-10)13(6-7-13)9-14-3/h4-5,8,14H,6-7,9H2,1-3H3. The Labute approximate surface area is 86.5 Å². The normalized spacial score (nSPS) is 18.2. The Morgan fingerprint density at radius 3 is 2.50 bits per heavy atom. The van der Waals surface area contributed by atoms with Crippen LogP contribution in [0.4, 0.5) is 0 Å². The number of nitrogens with one attached hydrogen (secondary N) is 1. The van der Waals surface area contributed by atoms with Gasteiger partial charge in [0, 0.05) is 12.0 Å². The fourth-order valence-corrected chi connectivity index (χ4v) is 2.44. The second-order valence-electron chi connectivity index (χ2n) is 4.63. The van der Waals surface area contributed by atoms with Crippen molar-refractivity contribution in [3.8, 4) is 0 Å². The Bertz CT molecular complexity index is 337. The summed E-state index contributed by atoms with van der Waals surface area (Å²) in [7, 11) is 2.05. The third-order valence-electron chi connectivity index (χ3n) is 3.32. The molecule has 2 rings (SSSR count). The van der Waals surface area contributed by atoms with Crippen molar-refractivity contribution < 1.29 is 0 Å². The molecular formula is C13H19N. The maximum Gasteiger partial charge on any atom is 0.00809 e. The number of benzene rings is 1. The number of rotatable bonds is 3. The van der Waals surface area contributed by atoms with Gasteiger partial charge >= 0.3 is 0 Å². The van der Waals surface area contributed by atoms with Crippen molar-refractivity contribution >= 4 is 0 Å². The van der Waals surface area contributed by atoms with Gasteiger partial charge in [-0.15, -0.1) is 0 Å². The molecule has 1 heteroatoms. The van der Waals surface area contributed by atoms with Gasteiger partial charge in [-0.3, -0.25) is 0 Å². The van der Waals surface area contributed by atoms with Gasteiger partial charge in [0.05, 0.1) is 0 Å². The minimum atomic E-state index is 0.465. The van der Waals surface area contributed by atoms with Crippen LogP contribution in [0.15, 0.2) is 18.2 Å². The van der Waals surface area contributed by atoms with Crippen LogP contribution >= 0.6 is 0 Å². The molecule has 14 heavy (non-hydrogen) atoms. The van der Waals surface area contributed by atoms with E-state index >= 15 is 0 Å². The van der Waals surface area contributed by atoms with E-state index < -0.39 is 0 Å². The summed E-state index contributed by atoms with van der Waals surface area (Å²) in [6.45, 7) is 5.52. The summed E-state index contributed by atoms with van der Waals surface area (Å²) in [5.41, 5.74) is 4.84. The van der Waals surface area contributed by atoms with Crippen LogP contribution in [0.5, 0.6) is 0 Å². The van der Waals surface area contributed by atoms with E-state index in [1.54, 1.807) is 5.56 Å². The molecule has 0 unspecified atom stereocenters. The highest BCUT2D eigenvalue weighted by molar-refractivity contribution is 5.40. The average molecular weight is 189 g/mol. The van der Waals surface area contributed by atoms with Crippen LogP contribution in [0.3, 0.4) is 0 Å². The lowest BCUT2D eigenvalue weighted by molar-refractivity contribution is 0.621. The molecule has 0 bridgehead atoms. The fraction of sp³-hybridized carbons (Fsp3) is 0.538. The number of hydrogen-bond acceptors (Lipinski definition) is 1. The van der Waals surface area contributed by atoms with Crippen molar-refractivity contribution in [2.75, 3.05) is 13.6 Å². The number of aryl methyl sites for hydroxylation is 2. The predicted molar refractivity (Wildman–Crippen MR) is 60.8 cm³/mol. The molecule has 0 heterocycles. The lowest BCUT2D eigenvalue weighted by atomic mass is 9.91. The van der Waals surface area contributed by atoms with E-state index in [1.165, 1.54) is 24.0 Å². The lowest BCUT2D eigenvalue weighted by Gasteiger charge is -2.18. The Kier molecular flexibility index (Phi) is 2.36. The first kappa shape index (κ1) is 9.72. The zero-order valence-corrected chi connectivity index (χ0v) is 9.35. The summed E-state index contributed by atoms with van der Waals surface area (Å²) in [6, 6.07) is 6.85. The van der Waals surface area contributed by atoms with Crippen LogP contribution in [-0.2, 0) is 5.41 Å². The minimum absolute atomic E-state index is 0.465. The van der Waals surface area contributed by atoms with Gasteiger partial charge in [-0.2, -0.15) is 0 Å². The third kappa shape index (κ3) is 1.57. The van der Waals surface area contributed by atoms with Gasteiger partial charge < -0.3 is 5.32 Å². The summed E-state index contributed by atoms with van der Waals surface area (Å²) in [4.78, 5) is 0. The summed E-state index contributed by atoms with van der Waals surface area (Å²) in [5.74, 6) is 0. The Hall–Kier alpha value is -0.820. The van der Waals surface area contributed by atoms with Gasteiger partial charge in [-0.1, -0.05) is 23.8 Å². The smallest absolute Gasteiger partial charge is 0.00809 e. The molecular weight excluding hydrogens is 170 g/mol. The molecule has 1 nitrogen and oxygen atoms in total. The van der Waals surface area contributed by atoms with E-state index in [4.69, 9.17) is 0 Å². The Morgan fingerprint density at radius 2 is 2.00 bits per heavy atom. The Morgan fingerprint density at radius 1 is 1.29 bits per heavy atom. The molecule has 1 saturated carbocycles. The van der Waals surface area contributed by atoms with Gasteiger partial charge in [-0.05, 0) is 44.9 Å². The Balaban J connectivity index is 2.32. The summed E-state index contributed by atoms with van der Waals surface area (Å²) >= 11 is 0.